The molecule has 5 aromatic rings. The summed E-state index contributed by atoms with van der Waals surface area (Å²) in [4.78, 5) is 20.3. The molecule has 0 radical (unpaired) electrons. The first-order chi connectivity index (χ1) is 13.2. The van der Waals surface area contributed by atoms with Crippen LogP contribution in [-0.2, 0) is 0 Å². The van der Waals surface area contributed by atoms with Crippen LogP contribution in [-0.4, -0.2) is 16.6 Å². The third-order valence-electron chi connectivity index (χ3n) is 4.98. The van der Waals surface area contributed by atoms with E-state index in [4.69, 9.17) is 4.42 Å². The lowest BCUT2D eigenvalue weighted by molar-refractivity contribution is 0.602. The van der Waals surface area contributed by atoms with E-state index in [9.17, 15) is 4.79 Å². The average molecular weight is 372 g/mol. The Morgan fingerprint density at radius 2 is 1.96 bits per heavy atom. The first-order valence-electron chi connectivity index (χ1n) is 8.76. The van der Waals surface area contributed by atoms with E-state index >= 15 is 0 Å². The third-order valence-corrected chi connectivity index (χ3v) is 5.94. The Hall–Kier alpha value is -2.97. The number of aryl methyl sites for hydroxylation is 1. The predicted octanol–water partition coefficient (Wildman–Crippen LogP) is 4.73. The molecule has 27 heavy (non-hydrogen) atoms. The van der Waals surface area contributed by atoms with Crippen molar-refractivity contribution in [3.63, 3.8) is 0 Å². The second-order valence-electron chi connectivity index (χ2n) is 6.69. The molecule has 4 nitrogen and oxygen atoms in total. The fourth-order valence-electron chi connectivity index (χ4n) is 3.69. The van der Waals surface area contributed by atoms with Gasteiger partial charge in [0.2, 0.25) is 0 Å². The number of benzene rings is 2. The van der Waals surface area contributed by atoms with Gasteiger partial charge in [-0.3, -0.25) is 4.79 Å². The number of nitrogens with zero attached hydrogens (tertiary/aromatic N) is 1. The van der Waals surface area contributed by atoms with Crippen LogP contribution in [0.25, 0.3) is 44.0 Å². The molecule has 3 heterocycles. The van der Waals surface area contributed by atoms with Gasteiger partial charge < -0.3 is 9.40 Å². The number of rotatable bonds is 2. The van der Waals surface area contributed by atoms with E-state index in [0.29, 0.717) is 19.5 Å². The average Bonchev–Trinajstić information content (AvgIpc) is 3.06. The highest BCUT2D eigenvalue weighted by atomic mass is 31.1. The zero-order valence-electron chi connectivity index (χ0n) is 15.0. The Bertz CT molecular complexity index is 1400. The van der Waals surface area contributed by atoms with Crippen LogP contribution in [0, 0.1) is 6.92 Å². The highest BCUT2D eigenvalue weighted by Crippen LogP contribution is 2.35. The summed E-state index contributed by atoms with van der Waals surface area (Å²) in [5.41, 5.74) is 5.81. The fraction of sp³-hybridized carbons (Fsp3) is 0.0909. The quantitative estimate of drug-likeness (QED) is 0.456. The first-order valence-corrected chi connectivity index (χ1v) is 10.3. The number of aromatic nitrogens is 2. The molecule has 5 heteroatoms. The minimum atomic E-state index is -0.0301. The van der Waals surface area contributed by atoms with Gasteiger partial charge in [-0.2, -0.15) is 0 Å². The SMILES string of the molecule is CPc1ccc(-c2ccc3occc(=O)c3c2)c2c1[nH]c1ncc(C)cc12. The summed E-state index contributed by atoms with van der Waals surface area (Å²) in [6.45, 7) is 4.23. The summed E-state index contributed by atoms with van der Waals surface area (Å²) >= 11 is 0. The van der Waals surface area contributed by atoms with E-state index in [1.165, 1.54) is 17.6 Å². The number of nitrogens with one attached hydrogen (secondary N) is 1. The summed E-state index contributed by atoms with van der Waals surface area (Å²) in [5, 5.41) is 4.15. The minimum absolute atomic E-state index is 0.0301. The molecule has 0 aliphatic heterocycles. The maximum Gasteiger partial charge on any atom is 0.192 e. The van der Waals surface area contributed by atoms with Crippen LogP contribution in [0.1, 0.15) is 5.56 Å². The largest absolute Gasteiger partial charge is 0.464 e. The Labute approximate surface area is 157 Å². The van der Waals surface area contributed by atoms with E-state index in [1.807, 2.05) is 24.4 Å². The lowest BCUT2D eigenvalue weighted by Gasteiger charge is -2.08. The van der Waals surface area contributed by atoms with Gasteiger partial charge in [0.05, 0.1) is 17.2 Å². The van der Waals surface area contributed by atoms with Gasteiger partial charge in [0, 0.05) is 23.0 Å². The standard InChI is InChI=1S/C22H17N2O2P/c1-12-9-16-20-14(4-6-19(27-2)21(20)24-22(16)23-11-12)13-3-5-18-15(10-13)17(25)7-8-26-18/h3-11,27H,1-2H3,(H,23,24). The molecule has 1 N–H and O–H groups in total. The van der Waals surface area contributed by atoms with Crippen molar-refractivity contribution < 1.29 is 4.42 Å². The van der Waals surface area contributed by atoms with Crippen LogP contribution < -0.4 is 10.7 Å². The van der Waals surface area contributed by atoms with E-state index < -0.39 is 0 Å². The topological polar surface area (TPSA) is 58.9 Å². The maximum atomic E-state index is 12.3. The fourth-order valence-corrected chi connectivity index (χ4v) is 4.38. The molecule has 0 amide bonds. The van der Waals surface area contributed by atoms with Crippen molar-refractivity contribution in [2.24, 2.45) is 0 Å². The molecule has 0 aliphatic carbocycles. The predicted molar refractivity (Wildman–Crippen MR) is 114 cm³/mol. The van der Waals surface area contributed by atoms with Gasteiger partial charge in [0.25, 0.3) is 0 Å². The second kappa shape index (κ2) is 6.04. The maximum absolute atomic E-state index is 12.3. The van der Waals surface area contributed by atoms with Crippen molar-refractivity contribution in [1.82, 2.24) is 9.97 Å². The smallest absolute Gasteiger partial charge is 0.192 e. The third kappa shape index (κ3) is 2.48. The molecule has 3 aromatic heterocycles. The summed E-state index contributed by atoms with van der Waals surface area (Å²) in [5.74, 6) is 0. The number of pyridine rings is 1. The Morgan fingerprint density at radius 1 is 1.07 bits per heavy atom. The molecule has 132 valence electrons. The van der Waals surface area contributed by atoms with Crippen LogP contribution in [0.3, 0.4) is 0 Å². The lowest BCUT2D eigenvalue weighted by atomic mass is 9.98. The molecule has 5 rings (SSSR count). The highest BCUT2D eigenvalue weighted by Gasteiger charge is 2.15. The van der Waals surface area contributed by atoms with Gasteiger partial charge in [-0.1, -0.05) is 26.8 Å². The van der Waals surface area contributed by atoms with Crippen LogP contribution in [0.5, 0.6) is 0 Å². The molecule has 0 aliphatic rings. The van der Waals surface area contributed by atoms with Crippen LogP contribution in [0.4, 0.5) is 0 Å². The minimum Gasteiger partial charge on any atom is -0.464 e. The van der Waals surface area contributed by atoms with Crippen molar-refractivity contribution in [2.75, 3.05) is 6.66 Å². The van der Waals surface area contributed by atoms with Crippen LogP contribution in [0.2, 0.25) is 0 Å². The normalized spacial score (nSPS) is 12.1. The summed E-state index contributed by atoms with van der Waals surface area (Å²) in [6.07, 6.45) is 3.32. The molecule has 0 bridgehead atoms. The van der Waals surface area contributed by atoms with Crippen molar-refractivity contribution in [2.45, 2.75) is 6.92 Å². The Balaban J connectivity index is 1.91. The van der Waals surface area contributed by atoms with E-state index in [0.717, 1.165) is 38.6 Å². The zero-order chi connectivity index (χ0) is 18.5. The van der Waals surface area contributed by atoms with E-state index in [-0.39, 0.29) is 5.43 Å². The van der Waals surface area contributed by atoms with Gasteiger partial charge in [-0.05, 0) is 53.8 Å². The molecule has 1 unspecified atom stereocenters. The summed E-state index contributed by atoms with van der Waals surface area (Å²) in [7, 11) is 0.678. The summed E-state index contributed by atoms with van der Waals surface area (Å²) in [6, 6.07) is 13.7. The molecule has 2 aromatic carbocycles. The Kier molecular flexibility index (Phi) is 3.63. The number of H-pyrrole nitrogens is 1. The van der Waals surface area contributed by atoms with Crippen LogP contribution in [0.15, 0.2) is 64.1 Å². The molecular formula is C22H17N2O2P. The Morgan fingerprint density at radius 3 is 2.81 bits per heavy atom. The molecule has 0 spiro atoms. The van der Waals surface area contributed by atoms with Crippen molar-refractivity contribution in [3.05, 3.63) is 70.7 Å². The highest BCUT2D eigenvalue weighted by molar-refractivity contribution is 7.47. The van der Waals surface area contributed by atoms with Crippen molar-refractivity contribution >= 4 is 46.8 Å². The molecule has 0 saturated carbocycles. The van der Waals surface area contributed by atoms with Gasteiger partial charge in [0.15, 0.2) is 5.43 Å². The summed E-state index contributed by atoms with van der Waals surface area (Å²) < 4.78 is 5.46. The van der Waals surface area contributed by atoms with Crippen molar-refractivity contribution in [1.29, 1.82) is 0 Å². The van der Waals surface area contributed by atoms with Gasteiger partial charge in [-0.15, -0.1) is 0 Å². The lowest BCUT2D eigenvalue weighted by Crippen LogP contribution is -1.99. The second-order valence-corrected chi connectivity index (χ2v) is 7.73. The molecule has 0 fully saturated rings. The number of hydrogen-bond acceptors (Lipinski definition) is 3. The zero-order valence-corrected chi connectivity index (χ0v) is 16.0. The van der Waals surface area contributed by atoms with E-state index in [1.54, 1.807) is 0 Å². The number of fused-ring (bicyclic) bond motifs is 4. The van der Waals surface area contributed by atoms with Gasteiger partial charge >= 0.3 is 0 Å². The monoisotopic (exact) mass is 372 g/mol. The number of hydrogen-bond donors (Lipinski definition) is 1. The van der Waals surface area contributed by atoms with E-state index in [2.05, 4.69) is 41.8 Å². The molecular weight excluding hydrogens is 355 g/mol. The molecule has 1 atom stereocenters. The first kappa shape index (κ1) is 16.2. The van der Waals surface area contributed by atoms with Gasteiger partial charge in [0.1, 0.15) is 11.2 Å². The van der Waals surface area contributed by atoms with Crippen molar-refractivity contribution in [3.8, 4) is 11.1 Å². The molecule has 0 saturated heterocycles. The van der Waals surface area contributed by atoms with Gasteiger partial charge in [-0.25, -0.2) is 4.98 Å². The van der Waals surface area contributed by atoms with Crippen LogP contribution >= 0.6 is 8.58 Å². The number of aromatic amines is 1.